The number of aliphatic carboxylic acids is 1. The maximum atomic E-state index is 11.1. The molecule has 106 valence electrons. The number of rotatable bonds is 4. The van der Waals surface area contributed by atoms with E-state index in [2.05, 4.69) is 20.4 Å². The lowest BCUT2D eigenvalue weighted by atomic mass is 9.93. The minimum atomic E-state index is -0.782. The first-order valence-corrected chi connectivity index (χ1v) is 6.72. The highest BCUT2D eigenvalue weighted by atomic mass is 16.4. The molecule has 2 heterocycles. The van der Waals surface area contributed by atoms with Gasteiger partial charge in [-0.25, -0.2) is 9.97 Å². The Balaban J connectivity index is 1.96. The summed E-state index contributed by atoms with van der Waals surface area (Å²) < 4.78 is 1.68. The first-order chi connectivity index (χ1) is 9.60. The Hall–Kier alpha value is -2.18. The van der Waals surface area contributed by atoms with E-state index in [1.165, 1.54) is 6.33 Å². The molecule has 0 amide bonds. The van der Waals surface area contributed by atoms with Crippen LogP contribution in [0.4, 0.5) is 5.82 Å². The smallest absolute Gasteiger partial charge is 0.305 e. The fourth-order valence-electron chi connectivity index (χ4n) is 3.00. The second-order valence-electron chi connectivity index (χ2n) is 5.41. The number of nitrogens with zero attached hydrogens (tertiary/aromatic N) is 4. The minimum absolute atomic E-state index is 0.110. The van der Waals surface area contributed by atoms with Crippen molar-refractivity contribution in [2.45, 2.75) is 37.6 Å². The molecule has 20 heavy (non-hydrogen) atoms. The predicted molar refractivity (Wildman–Crippen MR) is 73.4 cm³/mol. The molecule has 0 unspecified atom stereocenters. The maximum absolute atomic E-state index is 11.1. The Bertz CT molecular complexity index is 645. The molecule has 2 aromatic heterocycles. The van der Waals surface area contributed by atoms with Crippen molar-refractivity contribution in [3.63, 3.8) is 0 Å². The number of hydrogen-bond acceptors (Lipinski definition) is 5. The van der Waals surface area contributed by atoms with Crippen LogP contribution in [0.2, 0.25) is 0 Å². The average molecular weight is 275 g/mol. The fraction of sp³-hybridized carbons (Fsp3) is 0.538. The van der Waals surface area contributed by atoms with Gasteiger partial charge in [-0.1, -0.05) is 12.8 Å². The van der Waals surface area contributed by atoms with Gasteiger partial charge >= 0.3 is 5.97 Å². The van der Waals surface area contributed by atoms with Gasteiger partial charge in [0, 0.05) is 12.6 Å². The van der Waals surface area contributed by atoms with Gasteiger partial charge in [-0.3, -0.25) is 9.48 Å². The minimum Gasteiger partial charge on any atom is -0.481 e. The van der Waals surface area contributed by atoms with Crippen LogP contribution in [0.3, 0.4) is 0 Å². The molecule has 1 fully saturated rings. The molecule has 7 nitrogen and oxygen atoms in total. The second kappa shape index (κ2) is 4.73. The number of carboxylic acid groups (broad SMARTS) is 1. The van der Waals surface area contributed by atoms with Crippen molar-refractivity contribution in [1.29, 1.82) is 0 Å². The number of fused-ring (bicyclic) bond motifs is 1. The van der Waals surface area contributed by atoms with Crippen molar-refractivity contribution in [1.82, 2.24) is 19.7 Å². The van der Waals surface area contributed by atoms with Crippen LogP contribution < -0.4 is 5.32 Å². The molecule has 0 radical (unpaired) electrons. The first kappa shape index (κ1) is 12.8. The average Bonchev–Trinajstić information content (AvgIpc) is 2.98. The van der Waals surface area contributed by atoms with Gasteiger partial charge in [0.1, 0.15) is 12.1 Å². The Kier molecular flexibility index (Phi) is 3.04. The Morgan fingerprint density at radius 3 is 2.90 bits per heavy atom. The molecule has 0 aromatic carbocycles. The quantitative estimate of drug-likeness (QED) is 0.879. The molecular weight excluding hydrogens is 258 g/mol. The number of anilines is 1. The molecule has 0 saturated heterocycles. The predicted octanol–water partition coefficient (Wildman–Crippen LogP) is 1.56. The zero-order valence-electron chi connectivity index (χ0n) is 11.3. The number of carbonyl (C=O) groups is 1. The molecule has 1 aliphatic rings. The summed E-state index contributed by atoms with van der Waals surface area (Å²) in [6.07, 6.45) is 7.09. The highest BCUT2D eigenvalue weighted by molar-refractivity contribution is 5.86. The molecule has 2 N–H and O–H groups in total. The van der Waals surface area contributed by atoms with Gasteiger partial charge in [-0.05, 0) is 12.8 Å². The number of carboxylic acids is 1. The van der Waals surface area contributed by atoms with Crippen LogP contribution in [0.25, 0.3) is 11.0 Å². The van der Waals surface area contributed by atoms with Gasteiger partial charge in [0.25, 0.3) is 0 Å². The summed E-state index contributed by atoms with van der Waals surface area (Å²) in [6.45, 7) is 0. The number of aromatic nitrogens is 4. The topological polar surface area (TPSA) is 92.9 Å². The molecule has 0 atom stereocenters. The van der Waals surface area contributed by atoms with E-state index in [0.717, 1.165) is 36.7 Å². The number of aryl methyl sites for hydroxylation is 1. The number of hydrogen-bond donors (Lipinski definition) is 2. The molecule has 0 spiro atoms. The summed E-state index contributed by atoms with van der Waals surface area (Å²) in [5.74, 6) is -0.109. The van der Waals surface area contributed by atoms with E-state index in [1.807, 2.05) is 7.05 Å². The standard InChI is InChI=1S/C13H17N5O2/c1-18-12-9(7-16-18)11(14-8-15-12)17-13(6-10(19)20)4-2-3-5-13/h7-8H,2-6H2,1H3,(H,19,20)(H,14,15,17). The lowest BCUT2D eigenvalue weighted by Crippen LogP contribution is -2.38. The van der Waals surface area contributed by atoms with Crippen molar-refractivity contribution >= 4 is 22.8 Å². The van der Waals surface area contributed by atoms with E-state index in [-0.39, 0.29) is 6.42 Å². The van der Waals surface area contributed by atoms with Crippen LogP contribution in [0, 0.1) is 0 Å². The van der Waals surface area contributed by atoms with Crippen molar-refractivity contribution in [2.24, 2.45) is 7.05 Å². The monoisotopic (exact) mass is 275 g/mol. The molecule has 1 saturated carbocycles. The van der Waals surface area contributed by atoms with Gasteiger partial charge in [0.15, 0.2) is 5.65 Å². The highest BCUT2D eigenvalue weighted by Crippen LogP contribution is 2.36. The molecule has 0 aliphatic heterocycles. The van der Waals surface area contributed by atoms with Gasteiger partial charge < -0.3 is 10.4 Å². The van der Waals surface area contributed by atoms with Crippen molar-refractivity contribution in [2.75, 3.05) is 5.32 Å². The lowest BCUT2D eigenvalue weighted by molar-refractivity contribution is -0.138. The van der Waals surface area contributed by atoms with E-state index < -0.39 is 11.5 Å². The molecular formula is C13H17N5O2. The van der Waals surface area contributed by atoms with Crippen LogP contribution >= 0.6 is 0 Å². The van der Waals surface area contributed by atoms with Crippen LogP contribution in [0.5, 0.6) is 0 Å². The van der Waals surface area contributed by atoms with E-state index in [0.29, 0.717) is 5.82 Å². The largest absolute Gasteiger partial charge is 0.481 e. The molecule has 1 aliphatic carbocycles. The molecule has 7 heteroatoms. The molecule has 0 bridgehead atoms. The van der Waals surface area contributed by atoms with Crippen LogP contribution in [0.15, 0.2) is 12.5 Å². The van der Waals surface area contributed by atoms with Crippen LogP contribution in [-0.2, 0) is 11.8 Å². The molecule has 3 rings (SSSR count). The zero-order valence-corrected chi connectivity index (χ0v) is 11.3. The van der Waals surface area contributed by atoms with Gasteiger partial charge in [-0.15, -0.1) is 0 Å². The molecule has 2 aromatic rings. The second-order valence-corrected chi connectivity index (χ2v) is 5.41. The normalized spacial score (nSPS) is 17.4. The summed E-state index contributed by atoms with van der Waals surface area (Å²) in [5, 5.41) is 17.5. The van der Waals surface area contributed by atoms with E-state index in [4.69, 9.17) is 5.11 Å². The van der Waals surface area contributed by atoms with E-state index in [9.17, 15) is 4.79 Å². The third-order valence-electron chi connectivity index (χ3n) is 3.96. The van der Waals surface area contributed by atoms with Crippen molar-refractivity contribution in [3.8, 4) is 0 Å². The Labute approximate surface area is 116 Å². The van der Waals surface area contributed by atoms with Gasteiger partial charge in [0.2, 0.25) is 0 Å². The van der Waals surface area contributed by atoms with Gasteiger partial charge in [-0.2, -0.15) is 5.10 Å². The van der Waals surface area contributed by atoms with Gasteiger partial charge in [0.05, 0.1) is 18.0 Å². The summed E-state index contributed by atoms with van der Waals surface area (Å²) in [4.78, 5) is 19.6. The maximum Gasteiger partial charge on any atom is 0.305 e. The Morgan fingerprint density at radius 1 is 1.45 bits per heavy atom. The summed E-state index contributed by atoms with van der Waals surface area (Å²) in [5.41, 5.74) is 0.342. The Morgan fingerprint density at radius 2 is 2.20 bits per heavy atom. The van der Waals surface area contributed by atoms with E-state index >= 15 is 0 Å². The van der Waals surface area contributed by atoms with Crippen molar-refractivity contribution in [3.05, 3.63) is 12.5 Å². The van der Waals surface area contributed by atoms with E-state index in [1.54, 1.807) is 10.9 Å². The fourth-order valence-corrected chi connectivity index (χ4v) is 3.00. The van der Waals surface area contributed by atoms with Crippen LogP contribution in [-0.4, -0.2) is 36.4 Å². The van der Waals surface area contributed by atoms with Crippen LogP contribution in [0.1, 0.15) is 32.1 Å². The SMILES string of the molecule is Cn1ncc2c(NC3(CC(=O)O)CCCC3)ncnc21. The first-order valence-electron chi connectivity index (χ1n) is 6.72. The summed E-state index contributed by atoms with van der Waals surface area (Å²) in [6, 6.07) is 0. The summed E-state index contributed by atoms with van der Waals surface area (Å²) in [7, 11) is 1.82. The third kappa shape index (κ3) is 2.19. The zero-order chi connectivity index (χ0) is 14.2. The number of nitrogens with one attached hydrogen (secondary N) is 1. The van der Waals surface area contributed by atoms with Crippen molar-refractivity contribution < 1.29 is 9.90 Å². The summed E-state index contributed by atoms with van der Waals surface area (Å²) >= 11 is 0. The lowest BCUT2D eigenvalue weighted by Gasteiger charge is -2.29. The third-order valence-corrected chi connectivity index (χ3v) is 3.96. The highest BCUT2D eigenvalue weighted by Gasteiger charge is 2.36.